The first-order chi connectivity index (χ1) is 16.2. The van der Waals surface area contributed by atoms with Crippen molar-refractivity contribution in [2.24, 2.45) is 0 Å². The van der Waals surface area contributed by atoms with Crippen LogP contribution in [0.1, 0.15) is 11.1 Å². The van der Waals surface area contributed by atoms with Crippen LogP contribution in [0.4, 0.5) is 0 Å². The molecule has 0 aliphatic heterocycles. The molecule has 6 heteroatoms. The van der Waals surface area contributed by atoms with Crippen molar-refractivity contribution >= 4 is 22.8 Å². The number of para-hydroxylation sites is 1. The quantitative estimate of drug-likeness (QED) is 0.365. The SMILES string of the molecule is O=C(NCc1cccnc1)/C(=C\c1cccc(Oc2ccccc2)c1)S(=O)c1ccccc1. The zero-order valence-electron chi connectivity index (χ0n) is 17.8. The Bertz CT molecular complexity index is 1260. The molecule has 1 heterocycles. The molecule has 1 unspecified atom stereocenters. The van der Waals surface area contributed by atoms with Crippen molar-refractivity contribution in [1.82, 2.24) is 10.3 Å². The van der Waals surface area contributed by atoms with E-state index >= 15 is 0 Å². The number of carbonyl (C=O) groups excluding carboxylic acids is 1. The maximum Gasteiger partial charge on any atom is 0.260 e. The van der Waals surface area contributed by atoms with Crippen LogP contribution in [0.5, 0.6) is 11.5 Å². The van der Waals surface area contributed by atoms with E-state index in [0.717, 1.165) is 5.56 Å². The van der Waals surface area contributed by atoms with Gasteiger partial charge in [-0.2, -0.15) is 0 Å². The highest BCUT2D eigenvalue weighted by molar-refractivity contribution is 7.90. The summed E-state index contributed by atoms with van der Waals surface area (Å²) in [5.41, 5.74) is 1.56. The summed E-state index contributed by atoms with van der Waals surface area (Å²) >= 11 is 0. The van der Waals surface area contributed by atoms with E-state index in [9.17, 15) is 9.00 Å². The zero-order valence-corrected chi connectivity index (χ0v) is 18.6. The van der Waals surface area contributed by atoms with Crippen molar-refractivity contribution in [1.29, 1.82) is 0 Å². The summed E-state index contributed by atoms with van der Waals surface area (Å²) in [7, 11) is -1.66. The Balaban J connectivity index is 1.61. The Morgan fingerprint density at radius 1 is 0.879 bits per heavy atom. The fourth-order valence-electron chi connectivity index (χ4n) is 3.09. The monoisotopic (exact) mass is 454 g/mol. The second-order valence-corrected chi connectivity index (χ2v) is 8.57. The van der Waals surface area contributed by atoms with Gasteiger partial charge in [-0.3, -0.25) is 9.78 Å². The van der Waals surface area contributed by atoms with Gasteiger partial charge in [0.15, 0.2) is 0 Å². The van der Waals surface area contributed by atoms with Gasteiger partial charge in [-0.25, -0.2) is 4.21 Å². The molecule has 3 aromatic carbocycles. The van der Waals surface area contributed by atoms with E-state index in [1.807, 2.05) is 66.7 Å². The van der Waals surface area contributed by atoms with Gasteiger partial charge in [-0.05, 0) is 59.7 Å². The number of nitrogens with one attached hydrogen (secondary N) is 1. The van der Waals surface area contributed by atoms with Crippen LogP contribution in [-0.4, -0.2) is 15.1 Å². The first kappa shape index (κ1) is 22.2. The summed E-state index contributed by atoms with van der Waals surface area (Å²) in [6.45, 7) is 0.285. The number of carbonyl (C=O) groups is 1. The van der Waals surface area contributed by atoms with Crippen LogP contribution in [0, 0.1) is 0 Å². The average molecular weight is 455 g/mol. The molecule has 0 aliphatic rings. The number of hydrogen-bond donors (Lipinski definition) is 1. The number of aromatic nitrogens is 1. The summed E-state index contributed by atoms with van der Waals surface area (Å²) in [5, 5.41) is 2.85. The first-order valence-electron chi connectivity index (χ1n) is 10.4. The van der Waals surface area contributed by atoms with Crippen molar-refractivity contribution in [3.8, 4) is 11.5 Å². The molecule has 0 spiro atoms. The Hall–Kier alpha value is -4.03. The molecule has 4 rings (SSSR count). The molecule has 0 saturated carbocycles. The molecule has 0 aliphatic carbocycles. The van der Waals surface area contributed by atoms with E-state index in [-0.39, 0.29) is 11.4 Å². The van der Waals surface area contributed by atoms with Crippen molar-refractivity contribution in [3.63, 3.8) is 0 Å². The van der Waals surface area contributed by atoms with Gasteiger partial charge >= 0.3 is 0 Å². The third-order valence-corrected chi connectivity index (χ3v) is 6.09. The number of rotatable bonds is 8. The number of pyridine rings is 1. The van der Waals surface area contributed by atoms with Gasteiger partial charge in [0.1, 0.15) is 16.4 Å². The lowest BCUT2D eigenvalue weighted by molar-refractivity contribution is -0.116. The molecule has 4 aromatic rings. The number of nitrogens with zero attached hydrogens (tertiary/aromatic N) is 1. The van der Waals surface area contributed by atoms with E-state index in [2.05, 4.69) is 10.3 Å². The van der Waals surface area contributed by atoms with Crippen LogP contribution in [0.25, 0.3) is 6.08 Å². The molecular formula is C27H22N2O3S. The summed E-state index contributed by atoms with van der Waals surface area (Å²) in [6, 6.07) is 29.4. The average Bonchev–Trinajstić information content (AvgIpc) is 2.87. The minimum atomic E-state index is -1.66. The number of benzene rings is 3. The van der Waals surface area contributed by atoms with Gasteiger partial charge in [0.25, 0.3) is 5.91 Å². The van der Waals surface area contributed by atoms with E-state index in [1.165, 1.54) is 0 Å². The predicted molar refractivity (Wildman–Crippen MR) is 130 cm³/mol. The van der Waals surface area contributed by atoms with Crippen molar-refractivity contribution in [3.05, 3.63) is 125 Å². The molecule has 0 bridgehead atoms. The third kappa shape index (κ3) is 6.24. The molecule has 1 amide bonds. The summed E-state index contributed by atoms with van der Waals surface area (Å²) in [6.07, 6.45) is 4.99. The summed E-state index contributed by atoms with van der Waals surface area (Å²) in [5.74, 6) is 0.923. The molecule has 1 atom stereocenters. The first-order valence-corrected chi connectivity index (χ1v) is 11.5. The zero-order chi connectivity index (χ0) is 22.9. The predicted octanol–water partition coefficient (Wildman–Crippen LogP) is 5.34. The lowest BCUT2D eigenvalue weighted by Gasteiger charge is -2.10. The second-order valence-electron chi connectivity index (χ2n) is 7.12. The molecule has 1 aromatic heterocycles. The number of hydrogen-bond acceptors (Lipinski definition) is 4. The maximum atomic E-state index is 13.3. The molecule has 5 nitrogen and oxygen atoms in total. The molecular weight excluding hydrogens is 432 g/mol. The molecule has 0 saturated heterocycles. The minimum absolute atomic E-state index is 0.155. The Morgan fingerprint density at radius 2 is 1.61 bits per heavy atom. The molecule has 33 heavy (non-hydrogen) atoms. The Labute approximate surface area is 195 Å². The van der Waals surface area contributed by atoms with Gasteiger partial charge < -0.3 is 10.1 Å². The molecule has 0 fully saturated rings. The lowest BCUT2D eigenvalue weighted by atomic mass is 10.2. The lowest BCUT2D eigenvalue weighted by Crippen LogP contribution is -2.26. The van der Waals surface area contributed by atoms with E-state index in [0.29, 0.717) is 22.0 Å². The highest BCUT2D eigenvalue weighted by atomic mass is 32.2. The van der Waals surface area contributed by atoms with Gasteiger partial charge in [0.2, 0.25) is 0 Å². The van der Waals surface area contributed by atoms with Gasteiger partial charge in [0.05, 0.1) is 10.8 Å². The normalized spacial score (nSPS) is 12.1. The third-order valence-electron chi connectivity index (χ3n) is 4.69. The van der Waals surface area contributed by atoms with Crippen LogP contribution in [0.15, 0.2) is 119 Å². The minimum Gasteiger partial charge on any atom is -0.457 e. The molecule has 0 radical (unpaired) electrons. The van der Waals surface area contributed by atoms with Crippen LogP contribution in [-0.2, 0) is 22.1 Å². The standard InChI is InChI=1S/C27H22N2O3S/c30-27(29-20-22-10-8-16-28-19-22)26(33(31)25-14-5-2-6-15-25)18-21-9-7-13-24(17-21)32-23-11-3-1-4-12-23/h1-19H,20H2,(H,29,30)/b26-18+. The van der Waals surface area contributed by atoms with Gasteiger partial charge in [0, 0.05) is 23.8 Å². The van der Waals surface area contributed by atoms with E-state index in [1.54, 1.807) is 48.8 Å². The topological polar surface area (TPSA) is 68.3 Å². The summed E-state index contributed by atoms with van der Waals surface area (Å²) < 4.78 is 19.2. The number of ether oxygens (including phenoxy) is 1. The summed E-state index contributed by atoms with van der Waals surface area (Å²) in [4.78, 5) is 17.9. The van der Waals surface area contributed by atoms with Crippen molar-refractivity contribution in [2.75, 3.05) is 0 Å². The van der Waals surface area contributed by atoms with Crippen LogP contribution >= 0.6 is 0 Å². The highest BCUT2D eigenvalue weighted by Crippen LogP contribution is 2.24. The smallest absolute Gasteiger partial charge is 0.260 e. The Kier molecular flexibility index (Phi) is 7.40. The second kappa shape index (κ2) is 11.0. The van der Waals surface area contributed by atoms with Crippen LogP contribution < -0.4 is 10.1 Å². The van der Waals surface area contributed by atoms with Gasteiger partial charge in [-0.15, -0.1) is 0 Å². The van der Waals surface area contributed by atoms with E-state index in [4.69, 9.17) is 4.74 Å². The van der Waals surface area contributed by atoms with Gasteiger partial charge in [-0.1, -0.05) is 54.6 Å². The fraction of sp³-hybridized carbons (Fsp3) is 0.0370. The largest absolute Gasteiger partial charge is 0.457 e. The highest BCUT2D eigenvalue weighted by Gasteiger charge is 2.19. The molecule has 164 valence electrons. The van der Waals surface area contributed by atoms with Crippen LogP contribution in [0.3, 0.4) is 0 Å². The van der Waals surface area contributed by atoms with Crippen molar-refractivity contribution in [2.45, 2.75) is 11.4 Å². The maximum absolute atomic E-state index is 13.3. The fourth-order valence-corrected chi connectivity index (χ4v) is 4.23. The number of amides is 1. The van der Waals surface area contributed by atoms with E-state index < -0.39 is 16.7 Å². The van der Waals surface area contributed by atoms with Crippen LogP contribution in [0.2, 0.25) is 0 Å². The van der Waals surface area contributed by atoms with Crippen molar-refractivity contribution < 1.29 is 13.7 Å². The Morgan fingerprint density at radius 3 is 2.33 bits per heavy atom. The molecule has 1 N–H and O–H groups in total.